The number of carbonyl (C=O) groups excluding carboxylic acids is 1. The Hall–Kier alpha value is -3.41. The molecule has 2 aromatic carbocycles. The van der Waals surface area contributed by atoms with E-state index in [2.05, 4.69) is 15.5 Å². The highest BCUT2D eigenvalue weighted by Gasteiger charge is 2.06. The van der Waals surface area contributed by atoms with Gasteiger partial charge in [-0.2, -0.15) is 5.10 Å². The molecule has 0 saturated heterocycles. The van der Waals surface area contributed by atoms with E-state index in [-0.39, 0.29) is 18.7 Å². The molecule has 0 amide bonds. The molecule has 0 spiro atoms. The van der Waals surface area contributed by atoms with Crippen molar-refractivity contribution < 1.29 is 14.3 Å². The highest BCUT2D eigenvalue weighted by Crippen LogP contribution is 2.15. The van der Waals surface area contributed by atoms with Gasteiger partial charge < -0.3 is 9.47 Å². The summed E-state index contributed by atoms with van der Waals surface area (Å²) in [6, 6.07) is 19.0. The van der Waals surface area contributed by atoms with E-state index in [4.69, 9.17) is 9.47 Å². The number of nitrogens with zero attached hydrogens (tertiary/aromatic N) is 2. The Bertz CT molecular complexity index is 937. The molecule has 0 saturated carbocycles. The van der Waals surface area contributed by atoms with Gasteiger partial charge in [-0.15, -0.1) is 0 Å². The summed E-state index contributed by atoms with van der Waals surface area (Å²) in [5.74, 6) is 0.883. The number of benzene rings is 2. The van der Waals surface area contributed by atoms with E-state index in [1.165, 1.54) is 0 Å². The third-order valence-electron chi connectivity index (χ3n) is 3.60. The van der Waals surface area contributed by atoms with E-state index >= 15 is 0 Å². The second-order valence-electron chi connectivity index (χ2n) is 6.16. The topological polar surface area (TPSA) is 72.8 Å². The van der Waals surface area contributed by atoms with Gasteiger partial charge in [-0.3, -0.25) is 5.43 Å². The maximum Gasteiger partial charge on any atom is 0.344 e. The summed E-state index contributed by atoms with van der Waals surface area (Å²) in [6.07, 6.45) is 1.54. The number of anilines is 1. The summed E-state index contributed by atoms with van der Waals surface area (Å²) in [7, 11) is 0. The lowest BCUT2D eigenvalue weighted by atomic mass is 10.2. The Morgan fingerprint density at radius 1 is 1.11 bits per heavy atom. The van der Waals surface area contributed by atoms with Crippen molar-refractivity contribution in [2.75, 3.05) is 12.0 Å². The summed E-state index contributed by atoms with van der Waals surface area (Å²) >= 11 is 0. The number of hydrogen-bond acceptors (Lipinski definition) is 6. The first-order valence-corrected chi connectivity index (χ1v) is 8.67. The summed E-state index contributed by atoms with van der Waals surface area (Å²) in [6.45, 7) is 3.49. The van der Waals surface area contributed by atoms with Crippen LogP contribution in [0.1, 0.15) is 19.4 Å². The highest BCUT2D eigenvalue weighted by atomic mass is 16.6. The lowest BCUT2D eigenvalue weighted by molar-refractivity contribution is -0.149. The molecule has 27 heavy (non-hydrogen) atoms. The van der Waals surface area contributed by atoms with Crippen molar-refractivity contribution in [1.82, 2.24) is 4.98 Å². The number of hydrogen-bond donors (Lipinski definition) is 1. The maximum atomic E-state index is 11.5. The van der Waals surface area contributed by atoms with Gasteiger partial charge in [0.1, 0.15) is 11.6 Å². The van der Waals surface area contributed by atoms with E-state index < -0.39 is 0 Å². The number of pyridine rings is 1. The van der Waals surface area contributed by atoms with Gasteiger partial charge in [0, 0.05) is 5.39 Å². The third-order valence-corrected chi connectivity index (χ3v) is 3.60. The Labute approximate surface area is 157 Å². The van der Waals surface area contributed by atoms with Gasteiger partial charge in [0.15, 0.2) is 6.61 Å². The second kappa shape index (κ2) is 8.80. The number of esters is 1. The molecule has 0 aliphatic rings. The zero-order valence-corrected chi connectivity index (χ0v) is 15.3. The van der Waals surface area contributed by atoms with Crippen molar-refractivity contribution in [3.63, 3.8) is 0 Å². The van der Waals surface area contributed by atoms with Gasteiger partial charge in [-0.25, -0.2) is 9.78 Å². The standard InChI is InChI=1S/C21H21N3O3/c1-15(2)27-21(25)14-26-18-10-7-16(8-11-18)13-22-24-20-12-9-17-5-3-4-6-19(17)23-20/h3-13,15H,14H2,1-2H3,(H,23,24)/b22-13-. The SMILES string of the molecule is CC(C)OC(=O)COc1ccc(/C=N\Nc2ccc3ccccc3n2)cc1. The summed E-state index contributed by atoms with van der Waals surface area (Å²) in [4.78, 5) is 16.0. The van der Waals surface area contributed by atoms with Crippen LogP contribution in [-0.2, 0) is 9.53 Å². The molecule has 0 unspecified atom stereocenters. The van der Waals surface area contributed by atoms with Crippen LogP contribution >= 0.6 is 0 Å². The first kappa shape index (κ1) is 18.4. The molecule has 6 heteroatoms. The normalized spacial score (nSPS) is 11.1. The highest BCUT2D eigenvalue weighted by molar-refractivity contribution is 5.82. The van der Waals surface area contributed by atoms with Crippen molar-refractivity contribution in [1.29, 1.82) is 0 Å². The fourth-order valence-corrected chi connectivity index (χ4v) is 2.39. The van der Waals surface area contributed by atoms with Crippen molar-refractivity contribution in [2.45, 2.75) is 20.0 Å². The molecule has 6 nitrogen and oxygen atoms in total. The molecule has 0 atom stereocenters. The molecular weight excluding hydrogens is 342 g/mol. The number of nitrogens with one attached hydrogen (secondary N) is 1. The molecular formula is C21H21N3O3. The minimum Gasteiger partial charge on any atom is -0.482 e. The van der Waals surface area contributed by atoms with Gasteiger partial charge in [-0.05, 0) is 61.9 Å². The Morgan fingerprint density at radius 2 is 1.89 bits per heavy atom. The Balaban J connectivity index is 1.53. The molecule has 0 bridgehead atoms. The number of carbonyl (C=O) groups is 1. The van der Waals surface area contributed by atoms with E-state index in [0.29, 0.717) is 11.6 Å². The van der Waals surface area contributed by atoms with E-state index in [9.17, 15) is 4.79 Å². The van der Waals surface area contributed by atoms with Crippen LogP contribution in [0.2, 0.25) is 0 Å². The van der Waals surface area contributed by atoms with Crippen molar-refractivity contribution in [3.8, 4) is 5.75 Å². The molecule has 0 aliphatic carbocycles. The zero-order valence-electron chi connectivity index (χ0n) is 15.3. The number of rotatable bonds is 7. The largest absolute Gasteiger partial charge is 0.482 e. The molecule has 3 aromatic rings. The van der Waals surface area contributed by atoms with E-state index in [1.807, 2.05) is 48.5 Å². The van der Waals surface area contributed by atoms with E-state index in [1.54, 1.807) is 32.2 Å². The van der Waals surface area contributed by atoms with Crippen LogP contribution in [0.15, 0.2) is 65.8 Å². The quantitative estimate of drug-likeness (QED) is 0.390. The molecule has 3 rings (SSSR count). The number of fused-ring (bicyclic) bond motifs is 1. The van der Waals surface area contributed by atoms with Gasteiger partial charge in [0.05, 0.1) is 17.8 Å². The average Bonchev–Trinajstić information content (AvgIpc) is 2.67. The first-order chi connectivity index (χ1) is 13.1. The third kappa shape index (κ3) is 5.54. The smallest absolute Gasteiger partial charge is 0.344 e. The molecule has 1 N–H and O–H groups in total. The van der Waals surface area contributed by atoms with Crippen molar-refractivity contribution in [2.24, 2.45) is 5.10 Å². The molecule has 0 radical (unpaired) electrons. The molecule has 0 aliphatic heterocycles. The average molecular weight is 363 g/mol. The van der Waals surface area contributed by atoms with Crippen LogP contribution in [0.5, 0.6) is 5.75 Å². The fraction of sp³-hybridized carbons (Fsp3) is 0.190. The van der Waals surface area contributed by atoms with Crippen molar-refractivity contribution >= 4 is 28.9 Å². The van der Waals surface area contributed by atoms with Gasteiger partial charge >= 0.3 is 5.97 Å². The monoisotopic (exact) mass is 363 g/mol. The van der Waals surface area contributed by atoms with Crippen LogP contribution in [0, 0.1) is 0 Å². The second-order valence-corrected chi connectivity index (χ2v) is 6.16. The van der Waals surface area contributed by atoms with Crippen LogP contribution < -0.4 is 10.2 Å². The summed E-state index contributed by atoms with van der Waals surface area (Å²) < 4.78 is 10.4. The van der Waals surface area contributed by atoms with Gasteiger partial charge in [0.25, 0.3) is 0 Å². The van der Waals surface area contributed by atoms with E-state index in [0.717, 1.165) is 16.5 Å². The minimum atomic E-state index is -0.386. The van der Waals surface area contributed by atoms with Gasteiger partial charge in [0.2, 0.25) is 0 Å². The predicted molar refractivity (Wildman–Crippen MR) is 106 cm³/mol. The molecule has 1 heterocycles. The number of aromatic nitrogens is 1. The van der Waals surface area contributed by atoms with Crippen LogP contribution in [0.4, 0.5) is 5.82 Å². The predicted octanol–water partition coefficient (Wildman–Crippen LogP) is 4.01. The number of hydrazone groups is 1. The Morgan fingerprint density at radius 3 is 2.67 bits per heavy atom. The molecule has 1 aromatic heterocycles. The molecule has 138 valence electrons. The Kier molecular flexibility index (Phi) is 5.99. The van der Waals surface area contributed by atoms with Crippen LogP contribution in [0.3, 0.4) is 0 Å². The lowest BCUT2D eigenvalue weighted by Gasteiger charge is -2.09. The fourth-order valence-electron chi connectivity index (χ4n) is 2.39. The minimum absolute atomic E-state index is 0.110. The first-order valence-electron chi connectivity index (χ1n) is 8.67. The van der Waals surface area contributed by atoms with Gasteiger partial charge in [-0.1, -0.05) is 18.2 Å². The number of para-hydroxylation sites is 1. The zero-order chi connectivity index (χ0) is 19.1. The summed E-state index contributed by atoms with van der Waals surface area (Å²) in [5, 5.41) is 5.29. The lowest BCUT2D eigenvalue weighted by Crippen LogP contribution is -2.18. The van der Waals surface area contributed by atoms with Crippen molar-refractivity contribution in [3.05, 3.63) is 66.2 Å². The number of ether oxygens (including phenoxy) is 2. The molecule has 0 fully saturated rings. The van der Waals surface area contributed by atoms with Crippen LogP contribution in [-0.4, -0.2) is 29.9 Å². The maximum absolute atomic E-state index is 11.5. The van der Waals surface area contributed by atoms with Crippen LogP contribution in [0.25, 0.3) is 10.9 Å². The summed E-state index contributed by atoms with van der Waals surface area (Å²) in [5.41, 5.74) is 4.73.